The number of hydrogen-bond donors (Lipinski definition) is 0. The molecule has 1 aliphatic carbocycles. The van der Waals surface area contributed by atoms with Crippen LogP contribution in [0, 0.1) is 10.1 Å². The summed E-state index contributed by atoms with van der Waals surface area (Å²) in [5, 5.41) is 17.5. The maximum Gasteiger partial charge on any atom is 0.433 e. The van der Waals surface area contributed by atoms with Crippen molar-refractivity contribution in [3.63, 3.8) is 0 Å². The number of ether oxygens (including phenoxy) is 2. The molecule has 166 valence electrons. The van der Waals surface area contributed by atoms with E-state index in [0.29, 0.717) is 0 Å². The summed E-state index contributed by atoms with van der Waals surface area (Å²) in [6.07, 6.45) is -0.182. The van der Waals surface area contributed by atoms with Gasteiger partial charge in [-0.3, -0.25) is 19.1 Å². The Morgan fingerprint density at radius 1 is 1.43 bits per heavy atom. The molecule has 0 saturated heterocycles. The zero-order valence-corrected chi connectivity index (χ0v) is 17.3. The van der Waals surface area contributed by atoms with Crippen LogP contribution < -0.4 is 0 Å². The van der Waals surface area contributed by atoms with Crippen LogP contribution in [0.4, 0.5) is 13.2 Å². The Morgan fingerprint density at radius 3 is 2.63 bits per heavy atom. The van der Waals surface area contributed by atoms with Crippen LogP contribution in [0.25, 0.3) is 0 Å². The van der Waals surface area contributed by atoms with E-state index in [0.717, 1.165) is 13.0 Å². The number of allylic oxidation sites excluding steroid dienone is 2. The van der Waals surface area contributed by atoms with Crippen molar-refractivity contribution < 1.29 is 36.6 Å². The maximum absolute atomic E-state index is 13.0. The van der Waals surface area contributed by atoms with Crippen LogP contribution in [0.3, 0.4) is 0 Å². The fourth-order valence-electron chi connectivity index (χ4n) is 2.56. The zero-order chi connectivity index (χ0) is 22.7. The Kier molecular flexibility index (Phi) is 7.07. The van der Waals surface area contributed by atoms with E-state index in [-0.39, 0.29) is 25.2 Å². The average molecular weight is 472 g/mol. The maximum atomic E-state index is 13.0. The number of nitrogens with zero attached hydrogens (tertiary/aromatic N) is 3. The summed E-state index contributed by atoms with van der Waals surface area (Å²) in [5.41, 5.74) is -3.76. The fourth-order valence-corrected chi connectivity index (χ4v) is 3.21. The molecule has 0 aromatic carbocycles. The van der Waals surface area contributed by atoms with Gasteiger partial charge in [-0.2, -0.15) is 13.2 Å². The van der Waals surface area contributed by atoms with E-state index in [9.17, 15) is 32.3 Å². The van der Waals surface area contributed by atoms with Crippen molar-refractivity contribution in [2.75, 3.05) is 12.9 Å². The highest BCUT2D eigenvalue weighted by molar-refractivity contribution is 7.99. The van der Waals surface area contributed by atoms with Gasteiger partial charge in [0.15, 0.2) is 10.6 Å². The molecule has 0 spiro atoms. The van der Waals surface area contributed by atoms with Crippen LogP contribution in [-0.2, 0) is 25.1 Å². The quantitative estimate of drug-likeness (QED) is 0.185. The summed E-state index contributed by atoms with van der Waals surface area (Å²) in [6, 6.07) is 0. The lowest BCUT2D eigenvalue weighted by Gasteiger charge is -2.29. The molecule has 3 atom stereocenters. The van der Waals surface area contributed by atoms with Gasteiger partial charge in [-0.15, -0.1) is 21.8 Å². The second kappa shape index (κ2) is 8.84. The van der Waals surface area contributed by atoms with E-state index in [1.807, 2.05) is 0 Å². The highest BCUT2D eigenvalue weighted by Crippen LogP contribution is 2.38. The van der Waals surface area contributed by atoms with Crippen molar-refractivity contribution in [1.29, 1.82) is 0 Å². The monoisotopic (exact) mass is 471 g/mol. The molecule has 0 aromatic heterocycles. The van der Waals surface area contributed by atoms with Gasteiger partial charge in [0.1, 0.15) is 12.2 Å². The van der Waals surface area contributed by atoms with Crippen LogP contribution in [0.5, 0.6) is 0 Å². The lowest BCUT2D eigenvalue weighted by atomic mass is 10.0. The number of halogens is 4. The van der Waals surface area contributed by atoms with Gasteiger partial charge in [0.25, 0.3) is 0 Å². The van der Waals surface area contributed by atoms with E-state index in [4.69, 9.17) is 21.1 Å². The van der Waals surface area contributed by atoms with Crippen LogP contribution in [-0.4, -0.2) is 55.5 Å². The Labute approximate surface area is 176 Å². The topological polar surface area (TPSA) is 120 Å². The molecule has 3 unspecified atom stereocenters. The molecule has 0 bridgehead atoms. The van der Waals surface area contributed by atoms with Gasteiger partial charge in [0, 0.05) is 18.8 Å². The van der Waals surface area contributed by atoms with Gasteiger partial charge in [-0.05, 0) is 19.4 Å². The van der Waals surface area contributed by atoms with Crippen molar-refractivity contribution in [2.45, 2.75) is 43.0 Å². The highest BCUT2D eigenvalue weighted by Gasteiger charge is 2.57. The van der Waals surface area contributed by atoms with Crippen LogP contribution in [0.2, 0.25) is 0 Å². The lowest BCUT2D eigenvalue weighted by Crippen LogP contribution is -2.50. The average Bonchev–Trinajstić information content (AvgIpc) is 2.92. The molecule has 0 saturated carbocycles. The Balaban J connectivity index is 2.07. The first kappa shape index (κ1) is 24.0. The number of carbonyl (C=O) groups is 1. The van der Waals surface area contributed by atoms with E-state index in [1.165, 1.54) is 18.4 Å². The molecule has 0 fully saturated rings. The summed E-state index contributed by atoms with van der Waals surface area (Å²) in [6.45, 7) is 0.931. The molecule has 0 amide bonds. The van der Waals surface area contributed by atoms with Gasteiger partial charge in [0.05, 0.1) is 22.3 Å². The summed E-state index contributed by atoms with van der Waals surface area (Å²) < 4.78 is 60.8. The summed E-state index contributed by atoms with van der Waals surface area (Å²) in [7, 11) is -1.60. The van der Waals surface area contributed by atoms with Crippen molar-refractivity contribution in [3.8, 4) is 0 Å². The van der Waals surface area contributed by atoms with Gasteiger partial charge in [-0.1, -0.05) is 6.08 Å². The van der Waals surface area contributed by atoms with Gasteiger partial charge in [-0.25, -0.2) is 0 Å². The third kappa shape index (κ3) is 5.25. The highest BCUT2D eigenvalue weighted by atomic mass is 35.5. The number of carbonyl (C=O) groups excluding carboxylic acids is 1. The van der Waals surface area contributed by atoms with E-state index < -0.39 is 55.6 Å². The van der Waals surface area contributed by atoms with E-state index in [2.05, 4.69) is 10.2 Å². The minimum atomic E-state index is -4.90. The third-order valence-electron chi connectivity index (χ3n) is 4.14. The number of alkyl halides is 4. The summed E-state index contributed by atoms with van der Waals surface area (Å²) in [5.74, 6) is -0.666. The first-order valence-electron chi connectivity index (χ1n) is 8.43. The van der Waals surface area contributed by atoms with Gasteiger partial charge in [0.2, 0.25) is 11.0 Å². The van der Waals surface area contributed by atoms with E-state index in [1.54, 1.807) is 0 Å². The molecule has 1 aliphatic heterocycles. The number of hydrogen-bond acceptors (Lipinski definition) is 8. The third-order valence-corrected chi connectivity index (χ3v) is 5.32. The number of rotatable bonds is 7. The van der Waals surface area contributed by atoms with Crippen LogP contribution >= 0.6 is 11.6 Å². The molecule has 9 nitrogen and oxygen atoms in total. The predicted molar refractivity (Wildman–Crippen MR) is 102 cm³/mol. The fraction of sp³-hybridized carbons (Fsp3) is 0.562. The van der Waals surface area contributed by atoms with E-state index >= 15 is 0 Å². The standard InChI is InChI=1S/C16H17ClF3N3O6S/c1-14(17)12(16(18,19)20)21-22-13(14)29-15(23(25)26)7-3-5-10(9-15)28-8-4-6-11(24)30(2)27/h3,5,7H,4,6,8-9H2,1-2H3. The molecular weight excluding hydrogens is 455 g/mol. The summed E-state index contributed by atoms with van der Waals surface area (Å²) >= 11 is 5.91. The molecule has 1 heterocycles. The first-order chi connectivity index (χ1) is 13.8. The normalized spacial score (nSPS) is 27.1. The van der Waals surface area contributed by atoms with Crippen LogP contribution in [0.15, 0.2) is 34.2 Å². The molecule has 2 rings (SSSR count). The largest absolute Gasteiger partial charge is 0.497 e. The second-order valence-electron chi connectivity index (χ2n) is 6.51. The Hall–Kier alpha value is -2.28. The van der Waals surface area contributed by atoms with Crippen molar-refractivity contribution >= 4 is 39.1 Å². The molecule has 0 N–H and O–H groups in total. The molecule has 14 heteroatoms. The zero-order valence-electron chi connectivity index (χ0n) is 15.8. The summed E-state index contributed by atoms with van der Waals surface area (Å²) in [4.78, 5) is 19.9. The smallest absolute Gasteiger partial charge is 0.433 e. The second-order valence-corrected chi connectivity index (χ2v) is 8.63. The SMILES string of the molecule is CS(=O)C(=O)CCCOC1=CC=CC(OC2=NN=C(C(F)(F)F)C2(C)Cl)([N+](=O)[O-])C1. The minimum absolute atomic E-state index is 0.00206. The molecular formula is C16H17ClF3N3O6S. The number of nitro groups is 1. The minimum Gasteiger partial charge on any atom is -0.497 e. The van der Waals surface area contributed by atoms with Crippen molar-refractivity contribution in [2.24, 2.45) is 10.2 Å². The van der Waals surface area contributed by atoms with Crippen molar-refractivity contribution in [1.82, 2.24) is 0 Å². The van der Waals surface area contributed by atoms with Crippen LogP contribution in [0.1, 0.15) is 26.2 Å². The van der Waals surface area contributed by atoms with Gasteiger partial charge >= 0.3 is 11.9 Å². The molecule has 30 heavy (non-hydrogen) atoms. The predicted octanol–water partition coefficient (Wildman–Crippen LogP) is 2.85. The Morgan fingerprint density at radius 2 is 2.10 bits per heavy atom. The molecule has 2 aliphatic rings. The Bertz CT molecular complexity index is 884. The molecule has 0 aromatic rings. The van der Waals surface area contributed by atoms with Crippen molar-refractivity contribution in [3.05, 3.63) is 34.1 Å². The first-order valence-corrected chi connectivity index (χ1v) is 10.4. The van der Waals surface area contributed by atoms with Gasteiger partial charge < -0.3 is 9.47 Å². The lowest BCUT2D eigenvalue weighted by molar-refractivity contribution is -0.603. The molecule has 0 radical (unpaired) electrons.